The summed E-state index contributed by atoms with van der Waals surface area (Å²) in [5.41, 5.74) is 3.82. The van der Waals surface area contributed by atoms with Crippen LogP contribution in [0.3, 0.4) is 0 Å². The second kappa shape index (κ2) is 7.64. The molecule has 5 rings (SSSR count). The van der Waals surface area contributed by atoms with Crippen LogP contribution in [0.4, 0.5) is 11.4 Å². The zero-order valence-electron chi connectivity index (χ0n) is 15.8. The zero-order valence-corrected chi connectivity index (χ0v) is 16.6. The Morgan fingerprint density at radius 1 is 1.20 bits per heavy atom. The number of amides is 2. The maximum absolute atomic E-state index is 12.6. The number of nitrogens with zero attached hydrogens (tertiary/aromatic N) is 2. The second-order valence-electron chi connectivity index (χ2n) is 6.91. The molecule has 4 heterocycles. The van der Waals surface area contributed by atoms with Crippen molar-refractivity contribution in [1.29, 1.82) is 0 Å². The van der Waals surface area contributed by atoms with E-state index in [2.05, 4.69) is 10.3 Å². The molecule has 0 radical (unpaired) electrons. The average Bonchev–Trinajstić information content (AvgIpc) is 3.54. The first-order valence-electron chi connectivity index (χ1n) is 9.42. The van der Waals surface area contributed by atoms with E-state index in [-0.39, 0.29) is 18.2 Å². The number of fused-ring (bicyclic) bond motifs is 1. The van der Waals surface area contributed by atoms with Gasteiger partial charge in [-0.25, -0.2) is 4.98 Å². The molecule has 0 saturated heterocycles. The number of carbonyl (C=O) groups is 2. The van der Waals surface area contributed by atoms with Crippen LogP contribution in [-0.2, 0) is 17.6 Å². The molecule has 0 unspecified atom stereocenters. The summed E-state index contributed by atoms with van der Waals surface area (Å²) in [5, 5.41) is 5.53. The van der Waals surface area contributed by atoms with Gasteiger partial charge in [0.15, 0.2) is 10.8 Å². The third-order valence-corrected chi connectivity index (χ3v) is 5.80. The van der Waals surface area contributed by atoms with E-state index in [9.17, 15) is 9.59 Å². The van der Waals surface area contributed by atoms with Crippen LogP contribution in [0.15, 0.2) is 69.4 Å². The van der Waals surface area contributed by atoms with Gasteiger partial charge in [0.2, 0.25) is 5.91 Å². The van der Waals surface area contributed by atoms with E-state index in [1.54, 1.807) is 23.3 Å². The highest BCUT2D eigenvalue weighted by Gasteiger charge is 2.26. The number of hydrogen-bond acceptors (Lipinski definition) is 6. The normalized spacial score (nSPS) is 12.7. The summed E-state index contributed by atoms with van der Waals surface area (Å²) in [6.45, 7) is 0.602. The highest BCUT2D eigenvalue weighted by atomic mass is 32.1. The van der Waals surface area contributed by atoms with Crippen LogP contribution < -0.4 is 10.2 Å². The Morgan fingerprint density at radius 2 is 2.13 bits per heavy atom. The highest BCUT2D eigenvalue weighted by molar-refractivity contribution is 7.13. The van der Waals surface area contributed by atoms with Crippen molar-refractivity contribution in [2.45, 2.75) is 12.8 Å². The monoisotopic (exact) mass is 419 g/mol. The summed E-state index contributed by atoms with van der Waals surface area (Å²) in [7, 11) is 0. The van der Waals surface area contributed by atoms with Crippen molar-refractivity contribution in [3.63, 3.8) is 0 Å². The summed E-state index contributed by atoms with van der Waals surface area (Å²) in [4.78, 5) is 31.3. The molecular weight excluding hydrogens is 402 g/mol. The maximum atomic E-state index is 12.6. The lowest BCUT2D eigenvalue weighted by atomic mass is 10.1. The SMILES string of the molecule is O=C(Cc1csc(-c2ccco2)n1)Nc1ccc2c(c1)CCN2C(=O)c1ccoc1. The summed E-state index contributed by atoms with van der Waals surface area (Å²) >= 11 is 1.44. The molecule has 0 atom stereocenters. The average molecular weight is 419 g/mol. The molecule has 0 fully saturated rings. The molecule has 30 heavy (non-hydrogen) atoms. The molecule has 2 amide bonds. The predicted octanol–water partition coefficient (Wildman–Crippen LogP) is 4.38. The first kappa shape index (κ1) is 18.4. The quantitative estimate of drug-likeness (QED) is 0.519. The van der Waals surface area contributed by atoms with Gasteiger partial charge in [0, 0.05) is 23.3 Å². The number of nitrogens with one attached hydrogen (secondary N) is 1. The van der Waals surface area contributed by atoms with Crippen LogP contribution in [0.1, 0.15) is 21.6 Å². The van der Waals surface area contributed by atoms with Gasteiger partial charge in [-0.2, -0.15) is 0 Å². The number of benzene rings is 1. The van der Waals surface area contributed by atoms with Gasteiger partial charge < -0.3 is 19.1 Å². The fourth-order valence-electron chi connectivity index (χ4n) is 3.50. The van der Waals surface area contributed by atoms with E-state index >= 15 is 0 Å². The van der Waals surface area contributed by atoms with Crippen LogP contribution >= 0.6 is 11.3 Å². The largest absolute Gasteiger partial charge is 0.472 e. The van der Waals surface area contributed by atoms with Gasteiger partial charge in [-0.15, -0.1) is 11.3 Å². The van der Waals surface area contributed by atoms with Gasteiger partial charge in [0.05, 0.1) is 30.2 Å². The molecule has 1 aliphatic rings. The van der Waals surface area contributed by atoms with Gasteiger partial charge >= 0.3 is 0 Å². The molecule has 0 saturated carbocycles. The van der Waals surface area contributed by atoms with Gasteiger partial charge in [-0.3, -0.25) is 9.59 Å². The fraction of sp³-hybridized carbons (Fsp3) is 0.136. The van der Waals surface area contributed by atoms with Crippen LogP contribution in [0.5, 0.6) is 0 Å². The van der Waals surface area contributed by atoms with Crippen molar-refractivity contribution in [1.82, 2.24) is 4.98 Å². The number of furan rings is 2. The minimum Gasteiger partial charge on any atom is -0.472 e. The lowest BCUT2D eigenvalue weighted by molar-refractivity contribution is -0.115. The van der Waals surface area contributed by atoms with Gasteiger partial charge in [-0.05, 0) is 48.4 Å². The number of aromatic nitrogens is 1. The van der Waals surface area contributed by atoms with Crippen molar-refractivity contribution in [2.75, 3.05) is 16.8 Å². The van der Waals surface area contributed by atoms with E-state index in [4.69, 9.17) is 8.83 Å². The van der Waals surface area contributed by atoms with E-state index in [0.717, 1.165) is 22.7 Å². The standard InChI is InChI=1S/C22H17N3O4S/c26-20(11-17-13-30-21(24-17)19-2-1-8-29-19)23-16-3-4-18-14(10-16)5-7-25(18)22(27)15-6-9-28-12-15/h1-4,6,8-10,12-13H,5,7,11H2,(H,23,26). The summed E-state index contributed by atoms with van der Waals surface area (Å²) in [6, 6.07) is 10.9. The minimum atomic E-state index is -0.143. The highest BCUT2D eigenvalue weighted by Crippen LogP contribution is 2.32. The molecule has 0 spiro atoms. The number of thiazole rings is 1. The topological polar surface area (TPSA) is 88.6 Å². The summed E-state index contributed by atoms with van der Waals surface area (Å²) < 4.78 is 10.4. The Bertz CT molecular complexity index is 1200. The van der Waals surface area contributed by atoms with Gasteiger partial charge in [0.25, 0.3) is 5.91 Å². The Labute approximate surface area is 176 Å². The molecule has 7 nitrogen and oxygen atoms in total. The first-order chi connectivity index (χ1) is 14.7. The van der Waals surface area contributed by atoms with Crippen LogP contribution in [0.2, 0.25) is 0 Å². The van der Waals surface area contributed by atoms with E-state index < -0.39 is 0 Å². The Kier molecular flexibility index (Phi) is 4.68. The molecule has 150 valence electrons. The zero-order chi connectivity index (χ0) is 20.5. The minimum absolute atomic E-state index is 0.0878. The number of rotatable bonds is 5. The first-order valence-corrected chi connectivity index (χ1v) is 10.3. The Morgan fingerprint density at radius 3 is 2.93 bits per heavy atom. The van der Waals surface area contributed by atoms with Gasteiger partial charge in [0.1, 0.15) is 6.26 Å². The molecule has 1 aromatic carbocycles. The second-order valence-corrected chi connectivity index (χ2v) is 7.77. The number of anilines is 2. The molecule has 0 bridgehead atoms. The van der Waals surface area contributed by atoms with Crippen LogP contribution in [0.25, 0.3) is 10.8 Å². The van der Waals surface area contributed by atoms with Gasteiger partial charge in [-0.1, -0.05) is 0 Å². The molecule has 1 aliphatic heterocycles. The third kappa shape index (κ3) is 3.53. The molecule has 1 N–H and O–H groups in total. The number of hydrogen-bond donors (Lipinski definition) is 1. The van der Waals surface area contributed by atoms with Crippen molar-refractivity contribution in [3.8, 4) is 10.8 Å². The van der Waals surface area contributed by atoms with Crippen molar-refractivity contribution in [2.24, 2.45) is 0 Å². The van der Waals surface area contributed by atoms with E-state index in [0.29, 0.717) is 29.2 Å². The van der Waals surface area contributed by atoms with Crippen LogP contribution in [0, 0.1) is 0 Å². The van der Waals surface area contributed by atoms with Crippen molar-refractivity contribution >= 4 is 34.5 Å². The molecule has 4 aromatic rings. The number of carbonyl (C=O) groups excluding carboxylic acids is 2. The van der Waals surface area contributed by atoms with Crippen molar-refractivity contribution < 1.29 is 18.4 Å². The smallest absolute Gasteiger partial charge is 0.261 e. The third-order valence-electron chi connectivity index (χ3n) is 4.90. The van der Waals surface area contributed by atoms with Crippen LogP contribution in [-0.4, -0.2) is 23.3 Å². The summed E-state index contributed by atoms with van der Waals surface area (Å²) in [6.07, 6.45) is 5.45. The molecule has 3 aromatic heterocycles. The lowest BCUT2D eigenvalue weighted by Crippen LogP contribution is -2.28. The molecule has 8 heteroatoms. The van der Waals surface area contributed by atoms with E-state index in [1.165, 1.54) is 23.9 Å². The van der Waals surface area contributed by atoms with E-state index in [1.807, 2.05) is 29.6 Å². The Balaban J connectivity index is 1.25. The predicted molar refractivity (Wildman–Crippen MR) is 113 cm³/mol. The maximum Gasteiger partial charge on any atom is 0.261 e. The molecule has 0 aliphatic carbocycles. The molecular formula is C22H17N3O4S. The summed E-state index contributed by atoms with van der Waals surface area (Å²) in [5.74, 6) is 0.463. The van der Waals surface area contributed by atoms with Crippen molar-refractivity contribution in [3.05, 3.63) is 77.4 Å². The lowest BCUT2D eigenvalue weighted by Gasteiger charge is -2.16. The Hall–Kier alpha value is -3.65. The fourth-order valence-corrected chi connectivity index (χ4v) is 4.29.